The largest absolute Gasteiger partial charge is 0.387 e. The second kappa shape index (κ2) is 5.71. The zero-order chi connectivity index (χ0) is 14.9. The van der Waals surface area contributed by atoms with Crippen molar-refractivity contribution in [2.45, 2.75) is 25.0 Å². The third-order valence-corrected chi connectivity index (χ3v) is 3.93. The van der Waals surface area contributed by atoms with Gasteiger partial charge in [-0.2, -0.15) is 0 Å². The molecular formula is C15H21FN4O. The molecule has 0 amide bonds. The molecule has 1 aliphatic rings. The van der Waals surface area contributed by atoms with Gasteiger partial charge < -0.3 is 15.4 Å². The van der Waals surface area contributed by atoms with E-state index in [4.69, 9.17) is 0 Å². The van der Waals surface area contributed by atoms with Crippen LogP contribution < -0.4 is 5.32 Å². The van der Waals surface area contributed by atoms with Crippen LogP contribution in [0.5, 0.6) is 0 Å². The Morgan fingerprint density at radius 2 is 2.33 bits per heavy atom. The molecule has 5 nitrogen and oxygen atoms in total. The summed E-state index contributed by atoms with van der Waals surface area (Å²) in [6, 6.07) is 4.53. The van der Waals surface area contributed by atoms with Crippen LogP contribution >= 0.6 is 0 Å². The molecule has 1 atom stereocenters. The first-order valence-corrected chi connectivity index (χ1v) is 7.30. The maximum Gasteiger partial charge on any atom is 0.125 e. The van der Waals surface area contributed by atoms with E-state index in [0.29, 0.717) is 25.2 Å². The number of hydrogen-bond acceptors (Lipinski definition) is 4. The number of fused-ring (bicyclic) bond motifs is 1. The quantitative estimate of drug-likeness (QED) is 0.793. The molecule has 0 bridgehead atoms. The van der Waals surface area contributed by atoms with Crippen molar-refractivity contribution in [3.05, 3.63) is 29.8 Å². The van der Waals surface area contributed by atoms with Gasteiger partial charge in [0.15, 0.2) is 0 Å². The van der Waals surface area contributed by atoms with E-state index in [0.717, 1.165) is 30.7 Å². The summed E-state index contributed by atoms with van der Waals surface area (Å²) in [7, 11) is 1.96. The summed E-state index contributed by atoms with van der Waals surface area (Å²) in [5.74, 6) is 0.513. The highest BCUT2D eigenvalue weighted by molar-refractivity contribution is 5.74. The van der Waals surface area contributed by atoms with Crippen molar-refractivity contribution < 1.29 is 9.50 Å². The molecule has 0 spiro atoms. The molecule has 6 heteroatoms. The molecule has 3 rings (SSSR count). The van der Waals surface area contributed by atoms with Gasteiger partial charge in [-0.1, -0.05) is 0 Å². The second-order valence-electron chi connectivity index (χ2n) is 6.02. The molecule has 0 saturated carbocycles. The summed E-state index contributed by atoms with van der Waals surface area (Å²) in [5.41, 5.74) is 0.791. The topological polar surface area (TPSA) is 64.2 Å². The Morgan fingerprint density at radius 3 is 3.10 bits per heavy atom. The number of β-amino-alcohol motifs (C(OH)–C–C–N with tert-alkyl or cyclic N) is 1. The molecule has 3 N–H and O–H groups in total. The van der Waals surface area contributed by atoms with Crippen LogP contribution in [-0.4, -0.2) is 52.3 Å². The minimum Gasteiger partial charge on any atom is -0.387 e. The number of rotatable bonds is 4. The fourth-order valence-electron chi connectivity index (χ4n) is 3.01. The molecule has 2 aromatic rings. The van der Waals surface area contributed by atoms with Gasteiger partial charge in [-0.05, 0) is 44.6 Å². The number of likely N-dealkylation sites (N-methyl/N-ethyl adjacent to an activating group) is 1. The van der Waals surface area contributed by atoms with Gasteiger partial charge in [-0.15, -0.1) is 0 Å². The van der Waals surface area contributed by atoms with E-state index in [2.05, 4.69) is 15.3 Å². The molecule has 1 fully saturated rings. The smallest absolute Gasteiger partial charge is 0.125 e. The van der Waals surface area contributed by atoms with E-state index in [1.165, 1.54) is 12.1 Å². The number of nitrogens with zero attached hydrogens (tertiary/aromatic N) is 2. The first-order valence-electron chi connectivity index (χ1n) is 7.30. The fraction of sp³-hybridized carbons (Fsp3) is 0.533. The highest BCUT2D eigenvalue weighted by Gasteiger charge is 2.30. The Bertz CT molecular complexity index is 621. The molecule has 0 radical (unpaired) electrons. The summed E-state index contributed by atoms with van der Waals surface area (Å²) in [6.45, 7) is 2.79. The van der Waals surface area contributed by atoms with E-state index >= 15 is 0 Å². The number of piperidine rings is 1. The van der Waals surface area contributed by atoms with Crippen LogP contribution in [0.15, 0.2) is 18.2 Å². The number of aromatic amines is 1. The summed E-state index contributed by atoms with van der Waals surface area (Å²) in [4.78, 5) is 9.62. The summed E-state index contributed by atoms with van der Waals surface area (Å²) in [6.07, 6.45) is 1.81. The standard InChI is InChI=1S/C15H21FN4O/c1-20(10-15(21)5-2-6-17-9-15)8-14-18-12-4-3-11(16)7-13(12)19-14/h3-4,7,17,21H,2,5-6,8-10H2,1H3,(H,18,19). The lowest BCUT2D eigenvalue weighted by Gasteiger charge is -2.35. The summed E-state index contributed by atoms with van der Waals surface area (Å²) >= 11 is 0. The Labute approximate surface area is 123 Å². The van der Waals surface area contributed by atoms with Crippen LogP contribution in [0.4, 0.5) is 4.39 Å². The normalized spacial score (nSPS) is 23.0. The molecule has 114 valence electrons. The number of benzene rings is 1. The second-order valence-corrected chi connectivity index (χ2v) is 6.02. The molecule has 1 aliphatic heterocycles. The van der Waals surface area contributed by atoms with Crippen molar-refractivity contribution in [1.29, 1.82) is 0 Å². The number of H-pyrrole nitrogens is 1. The Hall–Kier alpha value is -1.50. The predicted molar refractivity (Wildman–Crippen MR) is 79.4 cm³/mol. The van der Waals surface area contributed by atoms with Crippen molar-refractivity contribution in [1.82, 2.24) is 20.2 Å². The Kier molecular flexibility index (Phi) is 3.93. The summed E-state index contributed by atoms with van der Waals surface area (Å²) in [5, 5.41) is 13.7. The number of nitrogens with one attached hydrogen (secondary N) is 2. The lowest BCUT2D eigenvalue weighted by Crippen LogP contribution is -2.52. The van der Waals surface area contributed by atoms with Crippen LogP contribution in [0.2, 0.25) is 0 Å². The third-order valence-electron chi connectivity index (χ3n) is 3.93. The Balaban J connectivity index is 1.66. The van der Waals surface area contributed by atoms with E-state index in [9.17, 15) is 9.50 Å². The maximum absolute atomic E-state index is 13.2. The van der Waals surface area contributed by atoms with Crippen LogP contribution in [0.25, 0.3) is 11.0 Å². The van der Waals surface area contributed by atoms with Gasteiger partial charge in [-0.3, -0.25) is 4.90 Å². The number of aromatic nitrogens is 2. The van der Waals surface area contributed by atoms with Crippen LogP contribution in [0.1, 0.15) is 18.7 Å². The van der Waals surface area contributed by atoms with E-state index in [1.807, 2.05) is 11.9 Å². The molecule has 21 heavy (non-hydrogen) atoms. The van der Waals surface area contributed by atoms with Crippen molar-refractivity contribution in [3.8, 4) is 0 Å². The lowest BCUT2D eigenvalue weighted by atomic mass is 9.94. The van der Waals surface area contributed by atoms with Gasteiger partial charge in [0.1, 0.15) is 11.6 Å². The molecule has 1 unspecified atom stereocenters. The van der Waals surface area contributed by atoms with Crippen LogP contribution in [0.3, 0.4) is 0 Å². The highest BCUT2D eigenvalue weighted by atomic mass is 19.1. The number of aliphatic hydroxyl groups is 1. The highest BCUT2D eigenvalue weighted by Crippen LogP contribution is 2.18. The van der Waals surface area contributed by atoms with Gasteiger partial charge in [0, 0.05) is 13.1 Å². The number of imidazole rings is 1. The van der Waals surface area contributed by atoms with Crippen molar-refractivity contribution in [2.75, 3.05) is 26.7 Å². The van der Waals surface area contributed by atoms with Gasteiger partial charge in [-0.25, -0.2) is 9.37 Å². The maximum atomic E-state index is 13.2. The predicted octanol–water partition coefficient (Wildman–Crippen LogP) is 1.25. The third kappa shape index (κ3) is 3.40. The van der Waals surface area contributed by atoms with E-state index in [-0.39, 0.29) is 5.82 Å². The SMILES string of the molecule is CN(Cc1nc2ccc(F)cc2[nH]1)CC1(O)CCCNC1. The minimum atomic E-state index is -0.675. The molecule has 2 heterocycles. The van der Waals surface area contributed by atoms with Crippen molar-refractivity contribution >= 4 is 11.0 Å². The number of halogens is 1. The van der Waals surface area contributed by atoms with Gasteiger partial charge in [0.05, 0.1) is 23.2 Å². The first-order chi connectivity index (χ1) is 10.0. The van der Waals surface area contributed by atoms with Crippen molar-refractivity contribution in [2.24, 2.45) is 0 Å². The van der Waals surface area contributed by atoms with Crippen LogP contribution in [0, 0.1) is 5.82 Å². The van der Waals surface area contributed by atoms with Crippen LogP contribution in [-0.2, 0) is 6.54 Å². The average Bonchev–Trinajstić information content (AvgIpc) is 2.79. The molecule has 1 saturated heterocycles. The molecule has 1 aromatic carbocycles. The van der Waals surface area contributed by atoms with E-state index < -0.39 is 5.60 Å². The van der Waals surface area contributed by atoms with Gasteiger partial charge in [0.25, 0.3) is 0 Å². The summed E-state index contributed by atoms with van der Waals surface area (Å²) < 4.78 is 13.2. The van der Waals surface area contributed by atoms with Gasteiger partial charge in [0.2, 0.25) is 0 Å². The fourth-order valence-corrected chi connectivity index (χ4v) is 3.01. The first kappa shape index (κ1) is 14.4. The Morgan fingerprint density at radius 1 is 1.48 bits per heavy atom. The van der Waals surface area contributed by atoms with Gasteiger partial charge >= 0.3 is 0 Å². The van der Waals surface area contributed by atoms with Crippen molar-refractivity contribution in [3.63, 3.8) is 0 Å². The average molecular weight is 292 g/mol. The minimum absolute atomic E-state index is 0.270. The molecule has 1 aromatic heterocycles. The monoisotopic (exact) mass is 292 g/mol. The lowest BCUT2D eigenvalue weighted by molar-refractivity contribution is -0.0116. The zero-order valence-electron chi connectivity index (χ0n) is 12.2. The number of hydrogen-bond donors (Lipinski definition) is 3. The van der Waals surface area contributed by atoms with E-state index in [1.54, 1.807) is 6.07 Å². The zero-order valence-corrected chi connectivity index (χ0v) is 12.2. The molecule has 0 aliphatic carbocycles. The molecular weight excluding hydrogens is 271 g/mol.